The molecule has 0 aromatic carbocycles. The van der Waals surface area contributed by atoms with Crippen molar-refractivity contribution < 1.29 is 27.5 Å². The zero-order chi connectivity index (χ0) is 26.0. The van der Waals surface area contributed by atoms with Gasteiger partial charge in [-0.2, -0.15) is 4.31 Å². The number of pyridine rings is 1. The Morgan fingerprint density at radius 1 is 1.08 bits per heavy atom. The fraction of sp³-hybridized carbons (Fsp3) is 0.692. The zero-order valence-electron chi connectivity index (χ0n) is 21.2. The smallest absolute Gasteiger partial charge is 0.245 e. The number of ether oxygens (including phenoxy) is 1. The third-order valence-electron chi connectivity index (χ3n) is 8.38. The monoisotopic (exact) mass is 532 g/mol. The van der Waals surface area contributed by atoms with Crippen LogP contribution in [0.25, 0.3) is 0 Å². The number of morpholine rings is 1. The number of hydrogen-bond donors (Lipinski definition) is 0. The molecule has 3 atom stereocenters. The van der Waals surface area contributed by atoms with E-state index in [2.05, 4.69) is 4.98 Å². The summed E-state index contributed by atoms with van der Waals surface area (Å²) < 4.78 is 33.2. The summed E-state index contributed by atoms with van der Waals surface area (Å²) in [4.78, 5) is 47.5. The van der Waals surface area contributed by atoms with Gasteiger partial charge in [-0.3, -0.25) is 19.4 Å². The molecule has 3 aliphatic heterocycles. The third kappa shape index (κ3) is 5.44. The second kappa shape index (κ2) is 11.2. The molecule has 11 heteroatoms. The Balaban J connectivity index is 1.34. The van der Waals surface area contributed by atoms with E-state index in [1.54, 1.807) is 15.9 Å². The minimum atomic E-state index is -3.91. The van der Waals surface area contributed by atoms with E-state index in [9.17, 15) is 22.8 Å². The van der Waals surface area contributed by atoms with Crippen LogP contribution in [0.1, 0.15) is 51.4 Å². The first-order chi connectivity index (χ1) is 17.9. The summed E-state index contributed by atoms with van der Waals surface area (Å²) in [5.74, 6) is -0.617. The Morgan fingerprint density at radius 2 is 1.84 bits per heavy atom. The molecule has 5 rings (SSSR count). The van der Waals surface area contributed by atoms with Crippen LogP contribution in [0.3, 0.4) is 0 Å². The minimum absolute atomic E-state index is 0.0412. The minimum Gasteiger partial charge on any atom is -0.378 e. The molecule has 1 aromatic rings. The van der Waals surface area contributed by atoms with Crippen molar-refractivity contribution in [1.29, 1.82) is 0 Å². The Hall–Kier alpha value is -2.37. The lowest BCUT2D eigenvalue weighted by Gasteiger charge is -2.33. The lowest BCUT2D eigenvalue weighted by Crippen LogP contribution is -2.48. The van der Waals surface area contributed by atoms with Crippen molar-refractivity contribution >= 4 is 27.6 Å². The van der Waals surface area contributed by atoms with Crippen molar-refractivity contribution in [3.63, 3.8) is 0 Å². The Bertz CT molecular complexity index is 1100. The van der Waals surface area contributed by atoms with Gasteiger partial charge in [0.1, 0.15) is 10.9 Å². The Labute approximate surface area is 218 Å². The van der Waals surface area contributed by atoms with Gasteiger partial charge in [-0.1, -0.05) is 32.1 Å². The van der Waals surface area contributed by atoms with Gasteiger partial charge in [0.15, 0.2) is 5.78 Å². The summed E-state index contributed by atoms with van der Waals surface area (Å²) >= 11 is 0. The number of nitrogens with zero attached hydrogens (tertiary/aromatic N) is 4. The van der Waals surface area contributed by atoms with Gasteiger partial charge in [-0.05, 0) is 30.9 Å². The average molecular weight is 533 g/mol. The fourth-order valence-electron chi connectivity index (χ4n) is 6.46. The first kappa shape index (κ1) is 26.2. The van der Waals surface area contributed by atoms with Crippen molar-refractivity contribution in [2.45, 2.75) is 68.3 Å². The highest BCUT2D eigenvalue weighted by Gasteiger charge is 2.54. The van der Waals surface area contributed by atoms with Crippen LogP contribution in [0.15, 0.2) is 29.4 Å². The average Bonchev–Trinajstić information content (AvgIpc) is 3.51. The summed E-state index contributed by atoms with van der Waals surface area (Å²) in [6.07, 6.45) is 9.51. The van der Waals surface area contributed by atoms with E-state index >= 15 is 0 Å². The molecule has 0 N–H and O–H groups in total. The molecule has 4 fully saturated rings. The van der Waals surface area contributed by atoms with Crippen LogP contribution in [0.2, 0.25) is 0 Å². The molecule has 4 aliphatic rings. The molecule has 202 valence electrons. The van der Waals surface area contributed by atoms with Crippen LogP contribution in [-0.2, 0) is 29.1 Å². The molecule has 0 bridgehead atoms. The van der Waals surface area contributed by atoms with Crippen LogP contribution in [0.4, 0.5) is 0 Å². The number of aromatic nitrogens is 1. The predicted octanol–water partition coefficient (Wildman–Crippen LogP) is 1.46. The van der Waals surface area contributed by atoms with Crippen LogP contribution < -0.4 is 0 Å². The second-order valence-corrected chi connectivity index (χ2v) is 12.6. The maximum Gasteiger partial charge on any atom is 0.245 e. The van der Waals surface area contributed by atoms with Gasteiger partial charge in [0.05, 0.1) is 25.8 Å². The van der Waals surface area contributed by atoms with E-state index in [-0.39, 0.29) is 35.5 Å². The van der Waals surface area contributed by atoms with Crippen LogP contribution >= 0.6 is 0 Å². The van der Waals surface area contributed by atoms with Crippen LogP contribution in [-0.4, -0.2) is 96.6 Å². The highest BCUT2D eigenvalue weighted by Crippen LogP contribution is 2.37. The molecule has 3 saturated heterocycles. The van der Waals surface area contributed by atoms with E-state index in [1.807, 2.05) is 0 Å². The number of Topliss-reactive ketones (excluding diaryl/α,β-unsaturated/α-hetero) is 1. The first-order valence-electron chi connectivity index (χ1n) is 13.5. The number of carbonyl (C=O) groups excluding carboxylic acids is 3. The summed E-state index contributed by atoms with van der Waals surface area (Å²) in [5.41, 5.74) is 0. The van der Waals surface area contributed by atoms with Crippen molar-refractivity contribution in [2.75, 3.05) is 39.4 Å². The molecule has 1 saturated carbocycles. The van der Waals surface area contributed by atoms with Gasteiger partial charge in [-0.25, -0.2) is 8.42 Å². The van der Waals surface area contributed by atoms with Gasteiger partial charge >= 0.3 is 0 Å². The molecule has 4 heterocycles. The maximum absolute atomic E-state index is 14.0. The summed E-state index contributed by atoms with van der Waals surface area (Å²) in [5, 5.41) is 0. The van der Waals surface area contributed by atoms with E-state index in [1.165, 1.54) is 29.2 Å². The first-order valence-corrected chi connectivity index (χ1v) is 14.9. The third-order valence-corrected chi connectivity index (χ3v) is 10.2. The Kier molecular flexibility index (Phi) is 7.92. The number of fused-ring (bicyclic) bond motifs is 1. The number of ketones is 1. The summed E-state index contributed by atoms with van der Waals surface area (Å²) in [7, 11) is -3.91. The van der Waals surface area contributed by atoms with Gasteiger partial charge in [0.25, 0.3) is 0 Å². The molecule has 1 aliphatic carbocycles. The Morgan fingerprint density at radius 3 is 2.54 bits per heavy atom. The molecular formula is C26H36N4O6S. The number of amides is 2. The van der Waals surface area contributed by atoms with Gasteiger partial charge < -0.3 is 14.5 Å². The second-order valence-electron chi connectivity index (χ2n) is 10.7. The number of likely N-dealkylation sites (tertiary alicyclic amines) is 1. The van der Waals surface area contributed by atoms with E-state index < -0.39 is 28.0 Å². The largest absolute Gasteiger partial charge is 0.378 e. The van der Waals surface area contributed by atoms with Crippen molar-refractivity contribution in [1.82, 2.24) is 19.1 Å². The number of carbonyl (C=O) groups is 3. The highest BCUT2D eigenvalue weighted by atomic mass is 32.2. The van der Waals surface area contributed by atoms with Gasteiger partial charge in [-0.15, -0.1) is 0 Å². The highest BCUT2D eigenvalue weighted by molar-refractivity contribution is 7.89. The van der Waals surface area contributed by atoms with Crippen LogP contribution in [0, 0.1) is 11.8 Å². The van der Waals surface area contributed by atoms with E-state index in [0.717, 1.165) is 25.7 Å². The van der Waals surface area contributed by atoms with E-state index in [4.69, 9.17) is 4.74 Å². The molecule has 3 unspecified atom stereocenters. The quantitative estimate of drug-likeness (QED) is 0.522. The molecule has 0 radical (unpaired) electrons. The number of rotatable bonds is 7. The van der Waals surface area contributed by atoms with Crippen LogP contribution in [0.5, 0.6) is 0 Å². The number of hydrogen-bond acceptors (Lipinski definition) is 7. The maximum atomic E-state index is 14.0. The summed E-state index contributed by atoms with van der Waals surface area (Å²) in [6, 6.07) is 1.63. The molecule has 0 spiro atoms. The van der Waals surface area contributed by atoms with Crippen molar-refractivity contribution in [3.05, 3.63) is 24.5 Å². The lowest BCUT2D eigenvalue weighted by atomic mass is 9.81. The SMILES string of the molecule is O=C1CN(S(=O)(=O)c2cccnc2)C2CCN(C(=O)C(CC(=O)N3CCOCC3)CC3CCCCC3)C12. The van der Waals surface area contributed by atoms with E-state index in [0.29, 0.717) is 51.6 Å². The normalized spacial score (nSPS) is 26.3. The molecule has 10 nitrogen and oxygen atoms in total. The number of sulfonamides is 1. The summed E-state index contributed by atoms with van der Waals surface area (Å²) in [6.45, 7) is 2.11. The lowest BCUT2D eigenvalue weighted by molar-refractivity contribution is -0.145. The molecule has 1 aromatic heterocycles. The van der Waals surface area contributed by atoms with Gasteiger partial charge in [0.2, 0.25) is 21.8 Å². The standard InChI is InChI=1S/C26H36N4O6S/c31-23-18-30(37(34,35)21-7-4-9-27-17-21)22-8-10-29(25(22)23)26(33)20(15-19-5-2-1-3-6-19)16-24(32)28-11-13-36-14-12-28/h4,7,9,17,19-20,22,25H,1-3,5-6,8,10-16,18H2. The van der Waals surface area contributed by atoms with Gasteiger partial charge in [0, 0.05) is 44.4 Å². The molecule has 2 amide bonds. The topological polar surface area (TPSA) is 117 Å². The van der Waals surface area contributed by atoms with Crippen molar-refractivity contribution in [2.24, 2.45) is 11.8 Å². The fourth-order valence-corrected chi connectivity index (χ4v) is 8.05. The molecular weight excluding hydrogens is 496 g/mol. The zero-order valence-corrected chi connectivity index (χ0v) is 22.0. The predicted molar refractivity (Wildman–Crippen MR) is 134 cm³/mol. The molecule has 37 heavy (non-hydrogen) atoms. The van der Waals surface area contributed by atoms with Crippen molar-refractivity contribution in [3.8, 4) is 0 Å².